The van der Waals surface area contributed by atoms with Crippen LogP contribution in [0.4, 0.5) is 17.5 Å². The van der Waals surface area contributed by atoms with Crippen LogP contribution in [-0.2, 0) is 13.0 Å². The van der Waals surface area contributed by atoms with Crippen molar-refractivity contribution in [3.8, 4) is 0 Å². The lowest BCUT2D eigenvalue weighted by molar-refractivity contribution is 1.07. The standard InChI is InChI=1S/C20H22N4/c1-3-17-9-4-5-10-18(17)23-20-21-12-11-19(24-20)22-14-16-8-6-7-15(2)13-16/h4-13H,3,14H2,1-2H3,(H2,21,22,23,24). The molecule has 0 unspecified atom stereocenters. The molecule has 0 fully saturated rings. The van der Waals surface area contributed by atoms with Gasteiger partial charge in [-0.1, -0.05) is 55.0 Å². The van der Waals surface area contributed by atoms with Crippen LogP contribution in [0.1, 0.15) is 23.6 Å². The van der Waals surface area contributed by atoms with Gasteiger partial charge in [0.05, 0.1) is 0 Å². The molecule has 1 aromatic heterocycles. The van der Waals surface area contributed by atoms with Crippen molar-refractivity contribution in [1.82, 2.24) is 9.97 Å². The molecule has 24 heavy (non-hydrogen) atoms. The van der Waals surface area contributed by atoms with Gasteiger partial charge in [-0.15, -0.1) is 0 Å². The molecular formula is C20H22N4. The quantitative estimate of drug-likeness (QED) is 0.691. The minimum Gasteiger partial charge on any atom is -0.366 e. The van der Waals surface area contributed by atoms with E-state index in [0.29, 0.717) is 5.95 Å². The van der Waals surface area contributed by atoms with Crippen molar-refractivity contribution in [2.45, 2.75) is 26.8 Å². The first-order valence-corrected chi connectivity index (χ1v) is 8.22. The fraction of sp³-hybridized carbons (Fsp3) is 0.200. The lowest BCUT2D eigenvalue weighted by Crippen LogP contribution is -2.05. The van der Waals surface area contributed by atoms with Gasteiger partial charge in [0.2, 0.25) is 5.95 Å². The minimum atomic E-state index is 0.602. The Morgan fingerprint density at radius 2 is 1.88 bits per heavy atom. The molecular weight excluding hydrogens is 296 g/mol. The number of hydrogen-bond acceptors (Lipinski definition) is 4. The Hall–Kier alpha value is -2.88. The second-order valence-electron chi connectivity index (χ2n) is 5.74. The smallest absolute Gasteiger partial charge is 0.229 e. The van der Waals surface area contributed by atoms with Crippen molar-refractivity contribution in [2.24, 2.45) is 0 Å². The van der Waals surface area contributed by atoms with Crippen molar-refractivity contribution in [2.75, 3.05) is 10.6 Å². The Bertz CT molecular complexity index is 814. The summed E-state index contributed by atoms with van der Waals surface area (Å²) in [7, 11) is 0. The van der Waals surface area contributed by atoms with Gasteiger partial charge in [-0.3, -0.25) is 0 Å². The second-order valence-corrected chi connectivity index (χ2v) is 5.74. The highest BCUT2D eigenvalue weighted by Gasteiger charge is 2.03. The van der Waals surface area contributed by atoms with E-state index in [4.69, 9.17) is 0 Å². The van der Waals surface area contributed by atoms with Crippen LogP contribution in [0.5, 0.6) is 0 Å². The molecule has 0 aliphatic rings. The highest BCUT2D eigenvalue weighted by molar-refractivity contribution is 5.59. The molecule has 0 amide bonds. The van der Waals surface area contributed by atoms with Crippen molar-refractivity contribution in [1.29, 1.82) is 0 Å². The van der Waals surface area contributed by atoms with Gasteiger partial charge in [-0.05, 0) is 36.6 Å². The minimum absolute atomic E-state index is 0.602. The maximum absolute atomic E-state index is 4.55. The normalized spacial score (nSPS) is 10.4. The van der Waals surface area contributed by atoms with E-state index in [1.54, 1.807) is 6.20 Å². The monoisotopic (exact) mass is 318 g/mol. The highest BCUT2D eigenvalue weighted by Crippen LogP contribution is 2.19. The number of benzene rings is 2. The largest absolute Gasteiger partial charge is 0.366 e. The number of aryl methyl sites for hydroxylation is 2. The molecule has 0 saturated carbocycles. The number of para-hydroxylation sites is 1. The molecule has 122 valence electrons. The van der Waals surface area contributed by atoms with Crippen LogP contribution in [0.15, 0.2) is 60.8 Å². The number of rotatable bonds is 6. The van der Waals surface area contributed by atoms with Gasteiger partial charge in [0.1, 0.15) is 5.82 Å². The number of nitrogens with zero attached hydrogens (tertiary/aromatic N) is 2. The van der Waals surface area contributed by atoms with Gasteiger partial charge in [0, 0.05) is 18.4 Å². The first-order chi connectivity index (χ1) is 11.7. The summed E-state index contributed by atoms with van der Waals surface area (Å²) in [5.74, 6) is 1.41. The number of hydrogen-bond donors (Lipinski definition) is 2. The van der Waals surface area contributed by atoms with Gasteiger partial charge in [-0.2, -0.15) is 4.98 Å². The predicted octanol–water partition coefficient (Wildman–Crippen LogP) is 4.70. The van der Waals surface area contributed by atoms with E-state index < -0.39 is 0 Å². The third-order valence-electron chi connectivity index (χ3n) is 3.86. The SMILES string of the molecule is CCc1ccccc1Nc1nccc(NCc2cccc(C)c2)n1. The lowest BCUT2D eigenvalue weighted by atomic mass is 10.1. The molecule has 2 aromatic carbocycles. The van der Waals surface area contributed by atoms with Gasteiger partial charge in [-0.25, -0.2) is 4.98 Å². The molecule has 0 aliphatic carbocycles. The van der Waals surface area contributed by atoms with Crippen LogP contribution < -0.4 is 10.6 Å². The van der Waals surface area contributed by atoms with Crippen LogP contribution in [0.3, 0.4) is 0 Å². The van der Waals surface area contributed by atoms with Crippen molar-refractivity contribution in [3.05, 3.63) is 77.5 Å². The fourth-order valence-electron chi connectivity index (χ4n) is 2.60. The van der Waals surface area contributed by atoms with E-state index in [9.17, 15) is 0 Å². The Morgan fingerprint density at radius 1 is 1.00 bits per heavy atom. The second kappa shape index (κ2) is 7.59. The number of anilines is 3. The summed E-state index contributed by atoms with van der Waals surface area (Å²) in [5.41, 5.74) is 4.80. The Morgan fingerprint density at radius 3 is 2.71 bits per heavy atom. The summed E-state index contributed by atoms with van der Waals surface area (Å²) in [6, 6.07) is 18.6. The van der Waals surface area contributed by atoms with Crippen LogP contribution in [0, 0.1) is 6.92 Å². The molecule has 4 nitrogen and oxygen atoms in total. The molecule has 0 bridgehead atoms. The average molecular weight is 318 g/mol. The summed E-state index contributed by atoms with van der Waals surface area (Å²) < 4.78 is 0. The van der Waals surface area contributed by atoms with E-state index in [0.717, 1.165) is 24.5 Å². The van der Waals surface area contributed by atoms with Crippen LogP contribution in [-0.4, -0.2) is 9.97 Å². The van der Waals surface area contributed by atoms with Crippen molar-refractivity contribution >= 4 is 17.5 Å². The summed E-state index contributed by atoms with van der Waals surface area (Å²) in [6.45, 7) is 4.98. The maximum atomic E-state index is 4.55. The topological polar surface area (TPSA) is 49.8 Å². The average Bonchev–Trinajstić information content (AvgIpc) is 2.61. The van der Waals surface area contributed by atoms with Crippen molar-refractivity contribution in [3.63, 3.8) is 0 Å². The third kappa shape index (κ3) is 4.10. The van der Waals surface area contributed by atoms with Gasteiger partial charge >= 0.3 is 0 Å². The summed E-state index contributed by atoms with van der Waals surface area (Å²) in [6.07, 6.45) is 2.73. The van der Waals surface area contributed by atoms with Gasteiger partial charge in [0.25, 0.3) is 0 Å². The zero-order valence-electron chi connectivity index (χ0n) is 14.1. The molecule has 4 heteroatoms. The first-order valence-electron chi connectivity index (χ1n) is 8.22. The fourth-order valence-corrected chi connectivity index (χ4v) is 2.60. The van der Waals surface area contributed by atoms with Crippen LogP contribution in [0.2, 0.25) is 0 Å². The Kier molecular flexibility index (Phi) is 5.06. The molecule has 0 spiro atoms. The molecule has 3 rings (SSSR count). The third-order valence-corrected chi connectivity index (χ3v) is 3.86. The van der Waals surface area contributed by atoms with E-state index in [1.807, 2.05) is 18.2 Å². The van der Waals surface area contributed by atoms with E-state index >= 15 is 0 Å². The Labute approximate surface area is 143 Å². The van der Waals surface area contributed by atoms with E-state index in [-0.39, 0.29) is 0 Å². The molecule has 0 saturated heterocycles. The van der Waals surface area contributed by atoms with E-state index in [2.05, 4.69) is 70.8 Å². The Balaban J connectivity index is 1.70. The summed E-state index contributed by atoms with van der Waals surface area (Å²) >= 11 is 0. The van der Waals surface area contributed by atoms with Gasteiger partial charge < -0.3 is 10.6 Å². The van der Waals surface area contributed by atoms with Crippen molar-refractivity contribution < 1.29 is 0 Å². The van der Waals surface area contributed by atoms with Crippen LogP contribution in [0.25, 0.3) is 0 Å². The number of aromatic nitrogens is 2. The van der Waals surface area contributed by atoms with E-state index in [1.165, 1.54) is 16.7 Å². The van der Waals surface area contributed by atoms with Gasteiger partial charge in [0.15, 0.2) is 0 Å². The lowest BCUT2D eigenvalue weighted by Gasteiger charge is -2.11. The van der Waals surface area contributed by atoms with Crippen LogP contribution >= 0.6 is 0 Å². The zero-order valence-corrected chi connectivity index (χ0v) is 14.1. The summed E-state index contributed by atoms with van der Waals surface area (Å²) in [4.78, 5) is 8.86. The molecule has 1 heterocycles. The number of nitrogens with one attached hydrogen (secondary N) is 2. The molecule has 0 radical (unpaired) electrons. The maximum Gasteiger partial charge on any atom is 0.229 e. The molecule has 0 aliphatic heterocycles. The first kappa shape index (κ1) is 16.0. The molecule has 0 atom stereocenters. The zero-order chi connectivity index (χ0) is 16.8. The molecule has 2 N–H and O–H groups in total. The molecule has 3 aromatic rings. The summed E-state index contributed by atoms with van der Waals surface area (Å²) in [5, 5.41) is 6.66. The predicted molar refractivity (Wildman–Crippen MR) is 99.6 cm³/mol. The highest BCUT2D eigenvalue weighted by atomic mass is 15.1.